The molecule has 0 spiro atoms. The summed E-state index contributed by atoms with van der Waals surface area (Å²) in [5, 5.41) is 6.28. The lowest BCUT2D eigenvalue weighted by molar-refractivity contribution is 0.102. The summed E-state index contributed by atoms with van der Waals surface area (Å²) < 4.78 is 0. The Morgan fingerprint density at radius 2 is 2.00 bits per heavy atom. The third-order valence-electron chi connectivity index (χ3n) is 4.30. The molecule has 0 saturated heterocycles. The molecule has 0 radical (unpaired) electrons. The molecule has 1 aliphatic rings. The average Bonchev–Trinajstić information content (AvgIpc) is 3.07. The van der Waals surface area contributed by atoms with Crippen molar-refractivity contribution in [3.05, 3.63) is 77.7 Å². The first-order valence-corrected chi connectivity index (χ1v) is 8.02. The van der Waals surface area contributed by atoms with Gasteiger partial charge in [0.1, 0.15) is 5.82 Å². The van der Waals surface area contributed by atoms with E-state index in [1.54, 1.807) is 30.7 Å². The number of rotatable bonds is 3. The largest absolute Gasteiger partial charge is 0.383 e. The van der Waals surface area contributed by atoms with E-state index in [-0.39, 0.29) is 17.8 Å². The molecule has 0 bridgehead atoms. The minimum absolute atomic E-state index is 0.0815. The van der Waals surface area contributed by atoms with Gasteiger partial charge in [0.05, 0.1) is 11.6 Å². The van der Waals surface area contributed by atoms with Crippen LogP contribution in [0, 0.1) is 0 Å². The molecule has 0 fully saturated rings. The number of hydrogen-bond acceptors (Lipinski definition) is 5. The number of carbonyl (C=O) groups excluding carboxylic acids is 1. The Morgan fingerprint density at radius 3 is 2.80 bits per heavy atom. The SMILES string of the molecule is Nc1ncc(C2Cc3ccccc3N2)cc1C(=O)Nc1ccncc1. The molecule has 3 heterocycles. The Hall–Kier alpha value is -3.41. The van der Waals surface area contributed by atoms with Crippen LogP contribution in [0.15, 0.2) is 61.1 Å². The summed E-state index contributed by atoms with van der Waals surface area (Å²) in [6.45, 7) is 0. The van der Waals surface area contributed by atoms with Gasteiger partial charge >= 0.3 is 0 Å². The highest BCUT2D eigenvalue weighted by Crippen LogP contribution is 2.34. The molecule has 124 valence electrons. The number of hydrogen-bond donors (Lipinski definition) is 3. The number of aromatic nitrogens is 2. The zero-order valence-corrected chi connectivity index (χ0v) is 13.4. The van der Waals surface area contributed by atoms with Gasteiger partial charge in [-0.05, 0) is 41.8 Å². The number of benzene rings is 1. The summed E-state index contributed by atoms with van der Waals surface area (Å²) in [7, 11) is 0. The van der Waals surface area contributed by atoms with Gasteiger partial charge in [0.25, 0.3) is 5.91 Å². The van der Waals surface area contributed by atoms with Crippen molar-refractivity contribution in [1.82, 2.24) is 9.97 Å². The van der Waals surface area contributed by atoms with Crippen molar-refractivity contribution in [2.24, 2.45) is 0 Å². The van der Waals surface area contributed by atoms with Gasteiger partial charge < -0.3 is 16.4 Å². The van der Waals surface area contributed by atoms with Crippen molar-refractivity contribution in [3.63, 3.8) is 0 Å². The Morgan fingerprint density at radius 1 is 1.20 bits per heavy atom. The zero-order valence-electron chi connectivity index (χ0n) is 13.4. The van der Waals surface area contributed by atoms with Crippen molar-refractivity contribution in [2.45, 2.75) is 12.5 Å². The second-order valence-corrected chi connectivity index (χ2v) is 5.95. The molecule has 4 N–H and O–H groups in total. The minimum Gasteiger partial charge on any atom is -0.383 e. The van der Waals surface area contributed by atoms with Gasteiger partial charge in [-0.3, -0.25) is 9.78 Å². The quantitative estimate of drug-likeness (QED) is 0.686. The van der Waals surface area contributed by atoms with E-state index in [0.717, 1.165) is 17.7 Å². The summed E-state index contributed by atoms with van der Waals surface area (Å²) in [6.07, 6.45) is 5.82. The number of nitrogens with one attached hydrogen (secondary N) is 2. The van der Waals surface area contributed by atoms with Crippen LogP contribution in [-0.2, 0) is 6.42 Å². The molecule has 6 heteroatoms. The molecule has 1 atom stereocenters. The molecule has 25 heavy (non-hydrogen) atoms. The van der Waals surface area contributed by atoms with Crippen LogP contribution in [-0.4, -0.2) is 15.9 Å². The fourth-order valence-electron chi connectivity index (χ4n) is 3.00. The van der Waals surface area contributed by atoms with Crippen molar-refractivity contribution < 1.29 is 4.79 Å². The number of carbonyl (C=O) groups is 1. The first-order valence-electron chi connectivity index (χ1n) is 8.02. The Balaban J connectivity index is 1.58. The highest BCUT2D eigenvalue weighted by atomic mass is 16.1. The van der Waals surface area contributed by atoms with Gasteiger partial charge in [-0.1, -0.05) is 18.2 Å². The number of nitrogens with two attached hydrogens (primary N) is 1. The molecule has 1 aliphatic heterocycles. The normalized spacial score (nSPS) is 15.3. The van der Waals surface area contributed by atoms with Gasteiger partial charge in [-0.15, -0.1) is 0 Å². The first kappa shape index (κ1) is 15.1. The molecular weight excluding hydrogens is 314 g/mol. The van der Waals surface area contributed by atoms with Crippen LogP contribution in [0.1, 0.15) is 27.5 Å². The van der Waals surface area contributed by atoms with E-state index in [1.807, 2.05) is 18.2 Å². The minimum atomic E-state index is -0.284. The lowest BCUT2D eigenvalue weighted by Crippen LogP contribution is -2.16. The van der Waals surface area contributed by atoms with E-state index < -0.39 is 0 Å². The Kier molecular flexibility index (Phi) is 3.78. The number of pyridine rings is 2. The van der Waals surface area contributed by atoms with Crippen LogP contribution in [0.2, 0.25) is 0 Å². The molecule has 2 aromatic heterocycles. The topological polar surface area (TPSA) is 92.9 Å². The first-order chi connectivity index (χ1) is 12.2. The van der Waals surface area contributed by atoms with Crippen LogP contribution >= 0.6 is 0 Å². The van der Waals surface area contributed by atoms with Crippen LogP contribution in [0.4, 0.5) is 17.2 Å². The van der Waals surface area contributed by atoms with Crippen LogP contribution < -0.4 is 16.4 Å². The lowest BCUT2D eigenvalue weighted by atomic mass is 10.0. The summed E-state index contributed by atoms with van der Waals surface area (Å²) in [5.41, 5.74) is 10.3. The number of nitrogens with zero attached hydrogens (tertiary/aromatic N) is 2. The van der Waals surface area contributed by atoms with E-state index in [0.29, 0.717) is 11.3 Å². The zero-order chi connectivity index (χ0) is 17.2. The fourth-order valence-corrected chi connectivity index (χ4v) is 3.00. The number of para-hydroxylation sites is 1. The monoisotopic (exact) mass is 331 g/mol. The molecule has 1 unspecified atom stereocenters. The number of amides is 1. The van der Waals surface area contributed by atoms with Gasteiger partial charge in [-0.25, -0.2) is 4.98 Å². The Bertz CT molecular complexity index is 901. The predicted molar refractivity (Wildman–Crippen MR) is 97.3 cm³/mol. The van der Waals surface area contributed by atoms with E-state index in [4.69, 9.17) is 5.73 Å². The summed E-state index contributed by atoms with van der Waals surface area (Å²) in [5.74, 6) is -0.0700. The van der Waals surface area contributed by atoms with Crippen molar-refractivity contribution >= 4 is 23.1 Å². The third-order valence-corrected chi connectivity index (χ3v) is 4.30. The van der Waals surface area contributed by atoms with Gasteiger partial charge in [0.15, 0.2) is 0 Å². The smallest absolute Gasteiger partial charge is 0.259 e. The van der Waals surface area contributed by atoms with Crippen LogP contribution in [0.5, 0.6) is 0 Å². The van der Waals surface area contributed by atoms with E-state index >= 15 is 0 Å². The Labute approximate surface area is 145 Å². The molecule has 1 amide bonds. The lowest BCUT2D eigenvalue weighted by Gasteiger charge is -2.14. The van der Waals surface area contributed by atoms with Crippen LogP contribution in [0.25, 0.3) is 0 Å². The maximum Gasteiger partial charge on any atom is 0.259 e. The standard InChI is InChI=1S/C19H17N5O/c20-18-15(19(25)23-14-5-7-21-8-6-14)9-13(11-22-18)17-10-12-3-1-2-4-16(12)24-17/h1-9,11,17,24H,10H2,(H2,20,22)(H,21,23,25). The molecule has 1 aromatic carbocycles. The van der Waals surface area contributed by atoms with E-state index in [9.17, 15) is 4.79 Å². The van der Waals surface area contributed by atoms with Gasteiger partial charge in [0.2, 0.25) is 0 Å². The molecule has 4 rings (SSSR count). The molecule has 0 aliphatic carbocycles. The highest BCUT2D eigenvalue weighted by molar-refractivity contribution is 6.07. The second kappa shape index (κ2) is 6.24. The second-order valence-electron chi connectivity index (χ2n) is 5.95. The molecular formula is C19H17N5O. The third kappa shape index (κ3) is 3.01. The van der Waals surface area contributed by atoms with Crippen molar-refractivity contribution in [1.29, 1.82) is 0 Å². The highest BCUT2D eigenvalue weighted by Gasteiger charge is 2.23. The molecule has 3 aromatic rings. The number of anilines is 3. The van der Waals surface area contributed by atoms with Gasteiger partial charge in [0, 0.05) is 30.0 Å². The number of fused-ring (bicyclic) bond motifs is 1. The summed E-state index contributed by atoms with van der Waals surface area (Å²) in [6, 6.07) is 13.5. The predicted octanol–water partition coefficient (Wildman–Crippen LogP) is 3.02. The van der Waals surface area contributed by atoms with E-state index in [2.05, 4.69) is 32.7 Å². The fraction of sp³-hybridized carbons (Fsp3) is 0.105. The maximum atomic E-state index is 12.5. The molecule has 6 nitrogen and oxygen atoms in total. The molecule has 0 saturated carbocycles. The average molecular weight is 331 g/mol. The summed E-state index contributed by atoms with van der Waals surface area (Å²) >= 11 is 0. The van der Waals surface area contributed by atoms with Crippen molar-refractivity contribution in [2.75, 3.05) is 16.4 Å². The van der Waals surface area contributed by atoms with Crippen LogP contribution in [0.3, 0.4) is 0 Å². The van der Waals surface area contributed by atoms with Crippen molar-refractivity contribution in [3.8, 4) is 0 Å². The van der Waals surface area contributed by atoms with Gasteiger partial charge in [-0.2, -0.15) is 0 Å². The number of nitrogen functional groups attached to an aromatic ring is 1. The summed E-state index contributed by atoms with van der Waals surface area (Å²) in [4.78, 5) is 20.7. The van der Waals surface area contributed by atoms with E-state index in [1.165, 1.54) is 5.56 Å². The maximum absolute atomic E-state index is 12.5.